The third kappa shape index (κ3) is 4.08. The van der Waals surface area contributed by atoms with Gasteiger partial charge >= 0.3 is 6.09 Å². The SMILES string of the molecule is CC(C)(C)OC(=O)N(c1ccccc1Br)S(=O)[O-]. The van der Waals surface area contributed by atoms with Crippen LogP contribution in [0.2, 0.25) is 0 Å². The number of nitrogens with zero attached hydrogens (tertiary/aromatic N) is 1. The Bertz CT molecular complexity index is 472. The minimum absolute atomic E-state index is 0.208. The van der Waals surface area contributed by atoms with Crippen LogP contribution in [0.1, 0.15) is 20.8 Å². The molecule has 5 nitrogen and oxygen atoms in total. The minimum Gasteiger partial charge on any atom is -0.755 e. The van der Waals surface area contributed by atoms with Crippen molar-refractivity contribution in [1.82, 2.24) is 0 Å². The summed E-state index contributed by atoms with van der Waals surface area (Å²) in [7, 11) is 0. The zero-order valence-electron chi connectivity index (χ0n) is 10.2. The molecule has 0 aromatic heterocycles. The topological polar surface area (TPSA) is 69.7 Å². The van der Waals surface area contributed by atoms with E-state index in [4.69, 9.17) is 4.74 Å². The summed E-state index contributed by atoms with van der Waals surface area (Å²) in [6.45, 7) is 4.99. The fraction of sp³-hybridized carbons (Fsp3) is 0.364. The van der Waals surface area contributed by atoms with E-state index in [1.807, 2.05) is 0 Å². The number of carbonyl (C=O) groups excluding carboxylic acids is 1. The quantitative estimate of drug-likeness (QED) is 0.779. The number of anilines is 1. The molecule has 1 atom stereocenters. The van der Waals surface area contributed by atoms with E-state index in [2.05, 4.69) is 15.9 Å². The number of rotatable bonds is 2. The third-order valence-electron chi connectivity index (χ3n) is 1.78. The van der Waals surface area contributed by atoms with E-state index in [1.165, 1.54) is 6.07 Å². The smallest absolute Gasteiger partial charge is 0.426 e. The van der Waals surface area contributed by atoms with Crippen molar-refractivity contribution in [2.24, 2.45) is 0 Å². The van der Waals surface area contributed by atoms with Crippen LogP contribution in [0.3, 0.4) is 0 Å². The Balaban J connectivity index is 3.09. The van der Waals surface area contributed by atoms with Crippen molar-refractivity contribution < 1.29 is 18.3 Å². The molecule has 0 fully saturated rings. The van der Waals surface area contributed by atoms with Gasteiger partial charge in [0.05, 0.1) is 17.0 Å². The van der Waals surface area contributed by atoms with Crippen LogP contribution in [0.25, 0.3) is 0 Å². The van der Waals surface area contributed by atoms with Gasteiger partial charge in [0.2, 0.25) is 0 Å². The van der Waals surface area contributed by atoms with Crippen LogP contribution in [0.15, 0.2) is 28.7 Å². The van der Waals surface area contributed by atoms with Gasteiger partial charge < -0.3 is 9.29 Å². The van der Waals surface area contributed by atoms with Gasteiger partial charge in [-0.05, 0) is 48.8 Å². The second-order valence-corrected chi connectivity index (χ2v) is 6.10. The lowest BCUT2D eigenvalue weighted by molar-refractivity contribution is 0.0608. The summed E-state index contributed by atoms with van der Waals surface area (Å²) in [6.07, 6.45) is -0.942. The van der Waals surface area contributed by atoms with Gasteiger partial charge in [0.1, 0.15) is 5.60 Å². The number of halogens is 1. The maximum atomic E-state index is 11.8. The van der Waals surface area contributed by atoms with Crippen LogP contribution in [-0.4, -0.2) is 20.5 Å². The molecular weight excluding hydrogens is 322 g/mol. The molecule has 0 N–H and O–H groups in total. The second kappa shape index (κ2) is 5.81. The minimum atomic E-state index is -2.75. The Morgan fingerprint density at radius 1 is 1.39 bits per heavy atom. The molecule has 1 unspecified atom stereocenters. The summed E-state index contributed by atoms with van der Waals surface area (Å²) in [5.74, 6) is 0. The van der Waals surface area contributed by atoms with Crippen molar-refractivity contribution in [3.05, 3.63) is 28.7 Å². The number of hydrogen-bond acceptors (Lipinski definition) is 4. The van der Waals surface area contributed by atoms with Gasteiger partial charge in [-0.2, -0.15) is 0 Å². The van der Waals surface area contributed by atoms with Gasteiger partial charge in [0, 0.05) is 4.47 Å². The van der Waals surface area contributed by atoms with Crippen LogP contribution < -0.4 is 4.31 Å². The van der Waals surface area contributed by atoms with E-state index in [0.29, 0.717) is 8.78 Å². The predicted molar refractivity (Wildman–Crippen MR) is 71.8 cm³/mol. The van der Waals surface area contributed by atoms with Gasteiger partial charge in [0.25, 0.3) is 0 Å². The van der Waals surface area contributed by atoms with Gasteiger partial charge in [-0.25, -0.2) is 9.10 Å². The first-order valence-corrected chi connectivity index (χ1v) is 6.92. The summed E-state index contributed by atoms with van der Waals surface area (Å²) < 4.78 is 28.5. The van der Waals surface area contributed by atoms with Crippen LogP contribution in [0.5, 0.6) is 0 Å². The number of amides is 1. The fourth-order valence-electron chi connectivity index (χ4n) is 1.16. The molecule has 18 heavy (non-hydrogen) atoms. The lowest BCUT2D eigenvalue weighted by Crippen LogP contribution is -2.38. The molecule has 0 spiro atoms. The van der Waals surface area contributed by atoms with E-state index in [9.17, 15) is 13.6 Å². The summed E-state index contributed by atoms with van der Waals surface area (Å²) in [5, 5.41) is 0. The lowest BCUT2D eigenvalue weighted by Gasteiger charge is -2.28. The number of carbonyl (C=O) groups is 1. The van der Waals surface area contributed by atoms with Crippen LogP contribution in [0, 0.1) is 0 Å². The van der Waals surface area contributed by atoms with Crippen molar-refractivity contribution in [2.45, 2.75) is 26.4 Å². The lowest BCUT2D eigenvalue weighted by atomic mass is 10.2. The monoisotopic (exact) mass is 334 g/mol. The van der Waals surface area contributed by atoms with E-state index < -0.39 is 23.0 Å². The van der Waals surface area contributed by atoms with Crippen LogP contribution >= 0.6 is 15.9 Å². The number of para-hydroxylation sites is 1. The Hall–Kier alpha value is -0.920. The van der Waals surface area contributed by atoms with Crippen molar-refractivity contribution in [3.63, 3.8) is 0 Å². The molecule has 0 bridgehead atoms. The van der Waals surface area contributed by atoms with Crippen molar-refractivity contribution in [1.29, 1.82) is 0 Å². The first kappa shape index (κ1) is 15.1. The molecule has 0 saturated carbocycles. The highest BCUT2D eigenvalue weighted by atomic mass is 79.9. The molecule has 0 aliphatic rings. The molecule has 1 amide bonds. The van der Waals surface area contributed by atoms with Crippen molar-refractivity contribution in [2.75, 3.05) is 4.31 Å². The van der Waals surface area contributed by atoms with E-state index in [1.54, 1.807) is 39.0 Å². The van der Waals surface area contributed by atoms with Gasteiger partial charge in [-0.15, -0.1) is 0 Å². The molecule has 0 saturated heterocycles. The first-order chi connectivity index (χ1) is 8.22. The molecule has 1 aromatic carbocycles. The third-order valence-corrected chi connectivity index (χ3v) is 3.09. The zero-order valence-corrected chi connectivity index (χ0v) is 12.6. The summed E-state index contributed by atoms with van der Waals surface area (Å²) in [4.78, 5) is 11.8. The molecule has 1 aromatic rings. The highest BCUT2D eigenvalue weighted by Crippen LogP contribution is 2.28. The highest BCUT2D eigenvalue weighted by Gasteiger charge is 2.25. The molecule has 0 heterocycles. The van der Waals surface area contributed by atoms with Gasteiger partial charge in [0.15, 0.2) is 0 Å². The van der Waals surface area contributed by atoms with Gasteiger partial charge in [-0.3, -0.25) is 4.21 Å². The summed E-state index contributed by atoms with van der Waals surface area (Å²) in [6, 6.07) is 6.49. The largest absolute Gasteiger partial charge is 0.755 e. The number of benzene rings is 1. The summed E-state index contributed by atoms with van der Waals surface area (Å²) >= 11 is 0.440. The standard InChI is InChI=1S/C11H14BrNO4S/c1-11(2,3)17-10(14)13(18(15)16)9-7-5-4-6-8(9)12/h4-7H,1-3H3,(H,15,16)/p-1. The van der Waals surface area contributed by atoms with E-state index in [-0.39, 0.29) is 5.69 Å². The number of hydrogen-bond donors (Lipinski definition) is 0. The molecule has 1 rings (SSSR count). The fourth-order valence-corrected chi connectivity index (χ4v) is 2.22. The van der Waals surface area contributed by atoms with Gasteiger partial charge in [-0.1, -0.05) is 12.1 Å². The average Bonchev–Trinajstić information content (AvgIpc) is 2.17. The van der Waals surface area contributed by atoms with Crippen molar-refractivity contribution in [3.8, 4) is 0 Å². The van der Waals surface area contributed by atoms with Crippen molar-refractivity contribution >= 4 is 39.0 Å². The Kier molecular flexibility index (Phi) is 4.89. The predicted octanol–water partition coefficient (Wildman–Crippen LogP) is 2.98. The Morgan fingerprint density at radius 3 is 2.39 bits per heavy atom. The van der Waals surface area contributed by atoms with Crippen LogP contribution in [-0.2, 0) is 16.0 Å². The molecular formula is C11H13BrNO4S-. The average molecular weight is 335 g/mol. The zero-order chi connectivity index (χ0) is 13.9. The number of ether oxygens (including phenoxy) is 1. The molecule has 0 aliphatic carbocycles. The second-order valence-electron chi connectivity index (χ2n) is 4.44. The summed E-state index contributed by atoms with van der Waals surface area (Å²) in [5.41, 5.74) is -0.559. The molecule has 100 valence electrons. The maximum absolute atomic E-state index is 11.8. The van der Waals surface area contributed by atoms with E-state index >= 15 is 0 Å². The normalized spacial score (nSPS) is 12.9. The highest BCUT2D eigenvalue weighted by molar-refractivity contribution is 9.10. The maximum Gasteiger partial charge on any atom is 0.426 e. The van der Waals surface area contributed by atoms with E-state index in [0.717, 1.165) is 0 Å². The Morgan fingerprint density at radius 2 is 1.94 bits per heavy atom. The van der Waals surface area contributed by atoms with Crippen LogP contribution in [0.4, 0.5) is 10.5 Å². The molecule has 0 radical (unpaired) electrons. The first-order valence-electron chi connectivity index (χ1n) is 5.09. The Labute approximate surface area is 117 Å². The molecule has 7 heteroatoms. The molecule has 0 aliphatic heterocycles.